The van der Waals surface area contributed by atoms with Crippen LogP contribution in [0, 0.1) is 6.92 Å². The zero-order valence-corrected chi connectivity index (χ0v) is 28.6. The van der Waals surface area contributed by atoms with Gasteiger partial charge in [-0.2, -0.15) is 0 Å². The van der Waals surface area contributed by atoms with E-state index in [9.17, 15) is 0 Å². The molecule has 1 aliphatic carbocycles. The van der Waals surface area contributed by atoms with Crippen LogP contribution in [0.3, 0.4) is 0 Å². The van der Waals surface area contributed by atoms with Gasteiger partial charge in [-0.25, -0.2) is 0 Å². The van der Waals surface area contributed by atoms with Gasteiger partial charge < -0.3 is 4.90 Å². The highest BCUT2D eigenvalue weighted by Gasteiger charge is 2.41. The molecule has 4 aromatic rings. The average Bonchev–Trinajstić information content (AvgIpc) is 3.49. The van der Waals surface area contributed by atoms with Crippen molar-refractivity contribution in [2.24, 2.45) is 0 Å². The van der Waals surface area contributed by atoms with Crippen molar-refractivity contribution < 1.29 is 0 Å². The average molecular weight is 612 g/mol. The maximum absolute atomic E-state index is 7.09. The number of aryl methyl sites for hydroxylation is 1. The summed E-state index contributed by atoms with van der Waals surface area (Å²) in [4.78, 5) is 2.55. The summed E-state index contributed by atoms with van der Waals surface area (Å²) in [5, 5.41) is 6.10. The van der Waals surface area contributed by atoms with Crippen LogP contribution in [0.15, 0.2) is 131 Å². The third-order valence-electron chi connectivity index (χ3n) is 10.2. The first kappa shape index (κ1) is 31.2. The highest BCUT2D eigenvalue weighted by molar-refractivity contribution is 6.33. The Bertz CT molecular complexity index is 1930. The van der Waals surface area contributed by atoms with E-state index in [4.69, 9.17) is 11.6 Å². The van der Waals surface area contributed by atoms with Crippen molar-refractivity contribution in [1.82, 2.24) is 0 Å². The summed E-state index contributed by atoms with van der Waals surface area (Å²) < 4.78 is 0. The minimum atomic E-state index is -0.217. The predicted molar refractivity (Wildman–Crippen MR) is 197 cm³/mol. The van der Waals surface area contributed by atoms with Gasteiger partial charge in [-0.05, 0) is 93.3 Å². The second-order valence-electron chi connectivity index (χ2n) is 13.9. The molecule has 0 atom stereocenters. The van der Waals surface area contributed by atoms with Gasteiger partial charge in [0, 0.05) is 33.8 Å². The molecule has 2 aliphatic rings. The van der Waals surface area contributed by atoms with Gasteiger partial charge in [-0.3, -0.25) is 0 Å². The van der Waals surface area contributed by atoms with Crippen LogP contribution >= 0.6 is 11.6 Å². The standard InChI is InChI=1S/C43H46ClN/c1-8-9-28-45-37-26-24-32-15-11-13-17-36(32)40(37)43(6,7)38(45)27-25-34-23-22-33(41(34)44)21-19-30(3)42(4,5)39-29(2)18-20-31-14-10-12-16-35(31)39/h10-21,24-27H,3,8-9,22-23,28H2,1-2,4-7H3/b21-19+,34-25+,38-27+. The summed E-state index contributed by atoms with van der Waals surface area (Å²) in [6.45, 7) is 19.4. The molecular formula is C43H46ClN. The fourth-order valence-corrected chi connectivity index (χ4v) is 7.88. The first-order valence-electron chi connectivity index (χ1n) is 16.5. The van der Waals surface area contributed by atoms with Crippen molar-refractivity contribution >= 4 is 38.8 Å². The number of nitrogens with zero attached hydrogens (tertiary/aromatic N) is 1. The fourth-order valence-electron chi connectivity index (χ4n) is 7.56. The number of benzene rings is 4. The number of halogens is 1. The summed E-state index contributed by atoms with van der Waals surface area (Å²) in [7, 11) is 0. The molecule has 0 saturated heterocycles. The van der Waals surface area contributed by atoms with Gasteiger partial charge in [0.15, 0.2) is 0 Å². The number of rotatable bonds is 8. The summed E-state index contributed by atoms with van der Waals surface area (Å²) in [5.41, 5.74) is 9.93. The molecule has 0 unspecified atom stereocenters. The third-order valence-corrected chi connectivity index (χ3v) is 10.7. The van der Waals surface area contributed by atoms with E-state index in [1.807, 2.05) is 0 Å². The van der Waals surface area contributed by atoms with Crippen LogP contribution in [0.5, 0.6) is 0 Å². The number of unbranched alkanes of at least 4 members (excludes halogenated alkanes) is 1. The lowest BCUT2D eigenvalue weighted by Gasteiger charge is -2.30. The molecule has 0 aromatic heterocycles. The molecule has 45 heavy (non-hydrogen) atoms. The molecule has 0 fully saturated rings. The van der Waals surface area contributed by atoms with Crippen LogP contribution in [-0.4, -0.2) is 6.54 Å². The number of fused-ring (bicyclic) bond motifs is 4. The van der Waals surface area contributed by atoms with Gasteiger partial charge in [-0.1, -0.05) is 144 Å². The molecule has 2 heteroatoms. The number of hydrogen-bond acceptors (Lipinski definition) is 1. The first-order valence-corrected chi connectivity index (χ1v) is 16.9. The number of hydrogen-bond donors (Lipinski definition) is 0. The number of allylic oxidation sites excluding steroid dienone is 9. The van der Waals surface area contributed by atoms with Crippen LogP contribution in [0.4, 0.5) is 5.69 Å². The number of anilines is 1. The maximum atomic E-state index is 7.09. The SMILES string of the molecule is C=C(/C=C/C1=C(Cl)C(=C/C=C2/N(CCCC)c3ccc4ccccc4c3C2(C)C)/CC1)C(C)(C)c1c(C)ccc2ccccc12. The molecule has 230 valence electrons. The Morgan fingerprint density at radius 1 is 0.911 bits per heavy atom. The molecule has 1 heterocycles. The monoisotopic (exact) mass is 611 g/mol. The normalized spacial score (nSPS) is 18.3. The van der Waals surface area contributed by atoms with E-state index in [1.165, 1.54) is 67.2 Å². The second kappa shape index (κ2) is 12.2. The lowest BCUT2D eigenvalue weighted by atomic mass is 9.74. The first-order chi connectivity index (χ1) is 21.6. The minimum absolute atomic E-state index is 0.110. The van der Waals surface area contributed by atoms with Crippen LogP contribution < -0.4 is 4.90 Å². The van der Waals surface area contributed by atoms with Crippen molar-refractivity contribution in [1.29, 1.82) is 0 Å². The molecule has 6 rings (SSSR count). The third kappa shape index (κ3) is 5.50. The Labute approximate surface area is 275 Å². The highest BCUT2D eigenvalue weighted by atomic mass is 35.5. The summed E-state index contributed by atoms with van der Waals surface area (Å²) in [6, 6.07) is 26.5. The molecule has 0 radical (unpaired) electrons. The van der Waals surface area contributed by atoms with Gasteiger partial charge in [-0.15, -0.1) is 0 Å². The Hall–Kier alpha value is -3.81. The summed E-state index contributed by atoms with van der Waals surface area (Å²) in [6.07, 6.45) is 13.2. The van der Waals surface area contributed by atoms with Gasteiger partial charge in [0.1, 0.15) is 0 Å². The van der Waals surface area contributed by atoms with Gasteiger partial charge in [0.25, 0.3) is 0 Å². The van der Waals surface area contributed by atoms with E-state index in [0.717, 1.165) is 36.4 Å². The van der Waals surface area contributed by atoms with E-state index < -0.39 is 0 Å². The molecule has 0 bridgehead atoms. The van der Waals surface area contributed by atoms with E-state index in [-0.39, 0.29) is 10.8 Å². The largest absolute Gasteiger partial charge is 0.344 e. The zero-order valence-electron chi connectivity index (χ0n) is 27.8. The van der Waals surface area contributed by atoms with Crippen LogP contribution in [0.2, 0.25) is 0 Å². The maximum Gasteiger partial charge on any atom is 0.0470 e. The van der Waals surface area contributed by atoms with Gasteiger partial charge in [0.05, 0.1) is 0 Å². The lowest BCUT2D eigenvalue weighted by Crippen LogP contribution is -2.27. The Kier molecular flexibility index (Phi) is 8.44. The van der Waals surface area contributed by atoms with Crippen molar-refractivity contribution in [2.75, 3.05) is 11.4 Å². The predicted octanol–water partition coefficient (Wildman–Crippen LogP) is 12.4. The molecule has 0 saturated carbocycles. The van der Waals surface area contributed by atoms with Crippen molar-refractivity contribution in [3.8, 4) is 0 Å². The topological polar surface area (TPSA) is 3.24 Å². The van der Waals surface area contributed by atoms with Crippen LogP contribution in [0.1, 0.15) is 77.0 Å². The van der Waals surface area contributed by atoms with Crippen LogP contribution in [0.25, 0.3) is 21.5 Å². The van der Waals surface area contributed by atoms with Crippen molar-refractivity contribution in [3.63, 3.8) is 0 Å². The molecule has 0 amide bonds. The Morgan fingerprint density at radius 2 is 1.58 bits per heavy atom. The van der Waals surface area contributed by atoms with Gasteiger partial charge >= 0.3 is 0 Å². The van der Waals surface area contributed by atoms with E-state index in [0.29, 0.717) is 0 Å². The van der Waals surface area contributed by atoms with E-state index in [1.54, 1.807) is 0 Å². The summed E-state index contributed by atoms with van der Waals surface area (Å²) >= 11 is 7.09. The molecule has 0 N–H and O–H groups in total. The Balaban J connectivity index is 1.30. The van der Waals surface area contributed by atoms with Crippen molar-refractivity contribution in [3.05, 3.63) is 148 Å². The second-order valence-corrected chi connectivity index (χ2v) is 14.2. The van der Waals surface area contributed by atoms with Crippen LogP contribution in [-0.2, 0) is 10.8 Å². The molecule has 1 nitrogen and oxygen atoms in total. The molecule has 0 spiro atoms. The molecular weight excluding hydrogens is 566 g/mol. The zero-order chi connectivity index (χ0) is 31.9. The fraction of sp³-hybridized carbons (Fsp3) is 0.302. The molecule has 4 aromatic carbocycles. The molecule has 1 aliphatic heterocycles. The van der Waals surface area contributed by atoms with Crippen molar-refractivity contribution in [2.45, 2.75) is 78.1 Å². The van der Waals surface area contributed by atoms with Gasteiger partial charge in [0.2, 0.25) is 0 Å². The smallest absolute Gasteiger partial charge is 0.0470 e. The summed E-state index contributed by atoms with van der Waals surface area (Å²) in [5.74, 6) is 0. The Morgan fingerprint density at radius 3 is 2.31 bits per heavy atom. The highest BCUT2D eigenvalue weighted by Crippen LogP contribution is 2.51. The van der Waals surface area contributed by atoms with E-state index in [2.05, 4.69) is 150 Å². The minimum Gasteiger partial charge on any atom is -0.344 e. The van der Waals surface area contributed by atoms with E-state index >= 15 is 0 Å². The quantitative estimate of drug-likeness (QED) is 0.179. The lowest BCUT2D eigenvalue weighted by molar-refractivity contribution is 0.628.